The number of benzene rings is 1. The van der Waals surface area contributed by atoms with Gasteiger partial charge in [0.2, 0.25) is 11.6 Å². The molecule has 10 nitrogen and oxygen atoms in total. The summed E-state index contributed by atoms with van der Waals surface area (Å²) in [5.41, 5.74) is 0.425. The fourth-order valence-corrected chi connectivity index (χ4v) is 2.55. The Kier molecular flexibility index (Phi) is 7.91. The molecule has 11 heteroatoms. The summed E-state index contributed by atoms with van der Waals surface area (Å²) in [5.74, 6) is -1.58. The molecule has 0 unspecified atom stereocenters. The number of carbonyl (C=O) groups is 3. The maximum absolute atomic E-state index is 11.8. The zero-order chi connectivity index (χ0) is 20.4. The Balaban J connectivity index is 1.89. The number of hydrogen-bond acceptors (Lipinski definition) is 8. The van der Waals surface area contributed by atoms with E-state index < -0.39 is 17.8 Å². The monoisotopic (exact) mass is 406 g/mol. The van der Waals surface area contributed by atoms with Gasteiger partial charge in [-0.05, 0) is 5.56 Å². The van der Waals surface area contributed by atoms with E-state index in [0.717, 1.165) is 16.9 Å². The van der Waals surface area contributed by atoms with E-state index in [4.69, 9.17) is 9.57 Å². The molecule has 2 aromatic rings. The van der Waals surface area contributed by atoms with Gasteiger partial charge in [-0.2, -0.15) is 0 Å². The summed E-state index contributed by atoms with van der Waals surface area (Å²) >= 11 is 1.01. The van der Waals surface area contributed by atoms with Crippen molar-refractivity contribution in [1.29, 1.82) is 0 Å². The fraction of sp³-hybridized carbons (Fsp3) is 0.235. The zero-order valence-electron chi connectivity index (χ0n) is 14.9. The second-order valence-corrected chi connectivity index (χ2v) is 6.14. The van der Waals surface area contributed by atoms with Gasteiger partial charge in [-0.1, -0.05) is 35.5 Å². The third kappa shape index (κ3) is 7.03. The Morgan fingerprint density at radius 1 is 1.25 bits per heavy atom. The molecule has 0 saturated carbocycles. The number of thiazole rings is 1. The highest BCUT2D eigenvalue weighted by atomic mass is 32.1. The molecule has 28 heavy (non-hydrogen) atoms. The number of nitrogens with one attached hydrogen (secondary N) is 2. The largest absolute Gasteiger partial charge is 0.476 e. The minimum atomic E-state index is -1.34. The van der Waals surface area contributed by atoms with Gasteiger partial charge in [-0.25, -0.2) is 14.6 Å². The van der Waals surface area contributed by atoms with E-state index in [-0.39, 0.29) is 36.5 Å². The highest BCUT2D eigenvalue weighted by molar-refractivity contribution is 7.14. The van der Waals surface area contributed by atoms with Crippen LogP contribution in [0.15, 0.2) is 40.9 Å². The molecule has 1 aromatic carbocycles. The van der Waals surface area contributed by atoms with Gasteiger partial charge in [0, 0.05) is 12.3 Å². The first-order valence-corrected chi connectivity index (χ1v) is 8.95. The Labute approximate surface area is 164 Å². The lowest BCUT2D eigenvalue weighted by Crippen LogP contribution is -2.24. The van der Waals surface area contributed by atoms with Gasteiger partial charge < -0.3 is 20.0 Å². The summed E-state index contributed by atoms with van der Waals surface area (Å²) in [4.78, 5) is 42.8. The molecular formula is C17H18N4O6S. The molecule has 3 N–H and O–H groups in total. The number of amides is 2. The molecule has 0 fully saturated rings. The first-order chi connectivity index (χ1) is 13.5. The van der Waals surface area contributed by atoms with Crippen LogP contribution in [0.3, 0.4) is 0 Å². The molecule has 2 rings (SSSR count). The van der Waals surface area contributed by atoms with Gasteiger partial charge >= 0.3 is 12.1 Å². The lowest BCUT2D eigenvalue weighted by molar-refractivity contribution is -0.129. The van der Waals surface area contributed by atoms with Gasteiger partial charge in [0.05, 0.1) is 6.54 Å². The Bertz CT molecular complexity index is 852. The topological polar surface area (TPSA) is 139 Å². The van der Waals surface area contributed by atoms with E-state index in [1.54, 1.807) is 0 Å². The van der Waals surface area contributed by atoms with E-state index in [1.807, 2.05) is 30.3 Å². The van der Waals surface area contributed by atoms with Gasteiger partial charge in [0.15, 0.2) is 5.13 Å². The van der Waals surface area contributed by atoms with E-state index in [1.165, 1.54) is 12.3 Å². The molecule has 1 aromatic heterocycles. The predicted molar refractivity (Wildman–Crippen MR) is 101 cm³/mol. The number of anilines is 1. The van der Waals surface area contributed by atoms with E-state index in [2.05, 4.69) is 20.8 Å². The van der Waals surface area contributed by atoms with Crippen LogP contribution >= 0.6 is 11.3 Å². The molecule has 0 aliphatic heterocycles. The number of ether oxygens (including phenoxy) is 1. The number of rotatable bonds is 9. The third-order valence-corrected chi connectivity index (χ3v) is 3.85. The average Bonchev–Trinajstić information content (AvgIpc) is 3.11. The van der Waals surface area contributed by atoms with Crippen LogP contribution in [-0.4, -0.2) is 46.9 Å². The predicted octanol–water partition coefficient (Wildman–Crippen LogP) is 1.83. The van der Waals surface area contributed by atoms with Crippen LogP contribution in [-0.2, 0) is 25.8 Å². The van der Waals surface area contributed by atoms with Crippen molar-refractivity contribution >= 4 is 40.1 Å². The van der Waals surface area contributed by atoms with E-state index >= 15 is 0 Å². The summed E-state index contributed by atoms with van der Waals surface area (Å²) in [6.45, 7) is 1.62. The van der Waals surface area contributed by atoms with Crippen molar-refractivity contribution in [2.24, 2.45) is 5.16 Å². The van der Waals surface area contributed by atoms with Crippen molar-refractivity contribution < 1.29 is 29.1 Å². The summed E-state index contributed by atoms with van der Waals surface area (Å²) < 4.78 is 5.07. The first kappa shape index (κ1) is 20.8. The van der Waals surface area contributed by atoms with Crippen molar-refractivity contribution in [1.82, 2.24) is 10.3 Å². The second-order valence-electron chi connectivity index (χ2n) is 5.29. The zero-order valence-corrected chi connectivity index (χ0v) is 15.7. The van der Waals surface area contributed by atoms with Gasteiger partial charge in [0.1, 0.15) is 18.9 Å². The minimum Gasteiger partial charge on any atom is -0.476 e. The van der Waals surface area contributed by atoms with Crippen LogP contribution in [0.4, 0.5) is 9.93 Å². The number of aromatic nitrogens is 1. The van der Waals surface area contributed by atoms with Gasteiger partial charge in [0.25, 0.3) is 0 Å². The minimum absolute atomic E-state index is 0.00256. The van der Waals surface area contributed by atoms with Crippen LogP contribution in [0.25, 0.3) is 0 Å². The van der Waals surface area contributed by atoms with Gasteiger partial charge in [-0.15, -0.1) is 11.3 Å². The number of hydrogen-bond donors (Lipinski definition) is 3. The number of nitrogens with zero attached hydrogens (tertiary/aromatic N) is 2. The molecule has 0 aliphatic rings. The second kappa shape index (κ2) is 10.6. The Morgan fingerprint density at radius 3 is 2.68 bits per heavy atom. The summed E-state index contributed by atoms with van der Waals surface area (Å²) in [5, 5.41) is 19.2. The SMILES string of the molecule is CC(=O)NCCO/N=C(\C(=O)O)c1csc(NC(=O)OCc2ccccc2)n1. The van der Waals surface area contributed by atoms with Crippen LogP contribution in [0.1, 0.15) is 18.2 Å². The molecule has 148 valence electrons. The lowest BCUT2D eigenvalue weighted by Gasteiger charge is -2.04. The average molecular weight is 406 g/mol. The van der Waals surface area contributed by atoms with Crippen LogP contribution in [0.2, 0.25) is 0 Å². The Hall–Kier alpha value is -3.47. The number of oxime groups is 1. The first-order valence-electron chi connectivity index (χ1n) is 8.07. The molecule has 0 saturated heterocycles. The molecule has 0 spiro atoms. The smallest absolute Gasteiger partial charge is 0.413 e. The maximum atomic E-state index is 11.8. The fourth-order valence-electron chi connectivity index (χ4n) is 1.86. The van der Waals surface area contributed by atoms with Crippen molar-refractivity contribution in [2.75, 3.05) is 18.5 Å². The summed E-state index contributed by atoms with van der Waals surface area (Å²) in [7, 11) is 0. The normalized spacial score (nSPS) is 10.8. The number of carboxylic acids is 1. The number of carbonyl (C=O) groups excluding carboxylic acids is 2. The molecule has 0 aliphatic carbocycles. The molecule has 0 atom stereocenters. The van der Waals surface area contributed by atoms with Crippen molar-refractivity contribution in [2.45, 2.75) is 13.5 Å². The molecular weight excluding hydrogens is 388 g/mol. The quantitative estimate of drug-likeness (QED) is 0.328. The summed E-state index contributed by atoms with van der Waals surface area (Å²) in [6, 6.07) is 9.14. The standard InChI is InChI=1S/C17H18N4O6S/c1-11(22)18-7-8-27-21-14(15(23)24)13-10-28-16(19-13)20-17(25)26-9-12-5-3-2-4-6-12/h2-6,10H,7-9H2,1H3,(H,18,22)(H,23,24)(H,19,20,25)/b21-14-. The van der Waals surface area contributed by atoms with Crippen molar-refractivity contribution in [3.8, 4) is 0 Å². The highest BCUT2D eigenvalue weighted by Gasteiger charge is 2.18. The van der Waals surface area contributed by atoms with Crippen LogP contribution in [0.5, 0.6) is 0 Å². The molecule has 1 heterocycles. The Morgan fingerprint density at radius 2 is 2.00 bits per heavy atom. The molecule has 0 bridgehead atoms. The van der Waals surface area contributed by atoms with E-state index in [9.17, 15) is 19.5 Å². The van der Waals surface area contributed by atoms with Crippen LogP contribution in [0, 0.1) is 0 Å². The highest BCUT2D eigenvalue weighted by Crippen LogP contribution is 2.17. The number of aliphatic carboxylic acids is 1. The van der Waals surface area contributed by atoms with Gasteiger partial charge in [-0.3, -0.25) is 10.1 Å². The molecule has 0 radical (unpaired) electrons. The van der Waals surface area contributed by atoms with E-state index in [0.29, 0.717) is 0 Å². The molecule has 2 amide bonds. The third-order valence-electron chi connectivity index (χ3n) is 3.09. The van der Waals surface area contributed by atoms with Crippen LogP contribution < -0.4 is 10.6 Å². The number of carboxylic acid groups (broad SMARTS) is 1. The van der Waals surface area contributed by atoms with Crippen molar-refractivity contribution in [3.05, 3.63) is 47.0 Å². The lowest BCUT2D eigenvalue weighted by atomic mass is 10.2. The van der Waals surface area contributed by atoms with Crippen molar-refractivity contribution in [3.63, 3.8) is 0 Å². The summed E-state index contributed by atoms with van der Waals surface area (Å²) in [6.07, 6.45) is -0.717. The maximum Gasteiger partial charge on any atom is 0.413 e.